The van der Waals surface area contributed by atoms with Crippen molar-refractivity contribution >= 4 is 28.9 Å². The zero-order valence-electron chi connectivity index (χ0n) is 8.58. The van der Waals surface area contributed by atoms with Gasteiger partial charge in [0.15, 0.2) is 11.6 Å². The van der Waals surface area contributed by atoms with E-state index in [1.54, 1.807) is 18.2 Å². The minimum atomic E-state index is -0.531. The van der Waals surface area contributed by atoms with Gasteiger partial charge in [0.05, 0.1) is 10.0 Å². The summed E-state index contributed by atoms with van der Waals surface area (Å²) < 4.78 is 18.8. The molecular weight excluding hydrogens is 264 g/mol. The number of ether oxygens (including phenoxy) is 1. The highest BCUT2D eigenvalue weighted by atomic mass is 35.5. The molecule has 0 bridgehead atoms. The largest absolute Gasteiger partial charge is 0.454 e. The predicted octanol–water partition coefficient (Wildman–Crippen LogP) is 4.51. The normalized spacial score (nSPS) is 10.3. The second-order valence-electron chi connectivity index (χ2n) is 3.37. The first-order valence-electron chi connectivity index (χ1n) is 4.74. The van der Waals surface area contributed by atoms with Crippen molar-refractivity contribution in [3.63, 3.8) is 0 Å². The maximum absolute atomic E-state index is 13.5. The van der Waals surface area contributed by atoms with Crippen molar-refractivity contribution in [1.82, 2.24) is 0 Å². The second kappa shape index (κ2) is 4.82. The van der Waals surface area contributed by atoms with Crippen LogP contribution >= 0.6 is 23.2 Å². The molecule has 0 aliphatic carbocycles. The summed E-state index contributed by atoms with van der Waals surface area (Å²) in [5, 5.41) is 0.761. The average Bonchev–Trinajstić information content (AvgIpc) is 2.27. The van der Waals surface area contributed by atoms with Gasteiger partial charge >= 0.3 is 0 Å². The summed E-state index contributed by atoms with van der Waals surface area (Å²) in [6, 6.07) is 8.88. The topological polar surface area (TPSA) is 35.2 Å². The van der Waals surface area contributed by atoms with Gasteiger partial charge in [-0.2, -0.15) is 0 Å². The molecule has 0 saturated heterocycles. The zero-order chi connectivity index (χ0) is 12.4. The van der Waals surface area contributed by atoms with Gasteiger partial charge in [-0.3, -0.25) is 0 Å². The Balaban J connectivity index is 2.28. The fraction of sp³-hybridized carbons (Fsp3) is 0. The van der Waals surface area contributed by atoms with E-state index in [1.165, 1.54) is 18.2 Å². The predicted molar refractivity (Wildman–Crippen MR) is 67.3 cm³/mol. The molecule has 88 valence electrons. The van der Waals surface area contributed by atoms with Crippen molar-refractivity contribution < 1.29 is 9.13 Å². The molecule has 0 saturated carbocycles. The van der Waals surface area contributed by atoms with Crippen LogP contribution in [0.2, 0.25) is 10.0 Å². The maximum atomic E-state index is 13.5. The second-order valence-corrected chi connectivity index (χ2v) is 4.18. The third-order valence-corrected chi connectivity index (χ3v) is 2.81. The van der Waals surface area contributed by atoms with Gasteiger partial charge in [0.1, 0.15) is 5.75 Å². The summed E-state index contributed by atoms with van der Waals surface area (Å²) >= 11 is 11.6. The third kappa shape index (κ3) is 2.81. The number of nitrogens with two attached hydrogens (primary N) is 1. The van der Waals surface area contributed by atoms with E-state index in [1.807, 2.05) is 0 Å². The Kier molecular flexibility index (Phi) is 3.41. The molecule has 0 radical (unpaired) electrons. The molecule has 0 fully saturated rings. The number of nitrogen functional groups attached to an aromatic ring is 1. The van der Waals surface area contributed by atoms with Crippen LogP contribution in [0.5, 0.6) is 11.5 Å². The Labute approximate surface area is 108 Å². The molecule has 0 unspecified atom stereocenters. The molecular formula is C12H8Cl2FNO. The molecule has 17 heavy (non-hydrogen) atoms. The van der Waals surface area contributed by atoms with E-state index in [0.29, 0.717) is 21.5 Å². The minimum Gasteiger partial charge on any atom is -0.454 e. The number of benzene rings is 2. The van der Waals surface area contributed by atoms with Gasteiger partial charge in [-0.15, -0.1) is 0 Å². The molecule has 2 nitrogen and oxygen atoms in total. The van der Waals surface area contributed by atoms with Crippen molar-refractivity contribution in [3.8, 4) is 11.5 Å². The van der Waals surface area contributed by atoms with Gasteiger partial charge in [0, 0.05) is 17.8 Å². The smallest absolute Gasteiger partial charge is 0.167 e. The Hall–Kier alpha value is -1.45. The molecule has 0 atom stereocenters. The Morgan fingerprint density at radius 1 is 1.00 bits per heavy atom. The minimum absolute atomic E-state index is 0.0811. The zero-order valence-corrected chi connectivity index (χ0v) is 10.1. The number of hydrogen-bond acceptors (Lipinski definition) is 2. The Morgan fingerprint density at radius 2 is 1.76 bits per heavy atom. The highest BCUT2D eigenvalue weighted by Gasteiger charge is 2.06. The number of rotatable bonds is 2. The van der Waals surface area contributed by atoms with Gasteiger partial charge < -0.3 is 10.5 Å². The fourth-order valence-electron chi connectivity index (χ4n) is 1.27. The van der Waals surface area contributed by atoms with Crippen molar-refractivity contribution in [3.05, 3.63) is 52.3 Å². The molecule has 2 rings (SSSR count). The van der Waals surface area contributed by atoms with E-state index < -0.39 is 5.82 Å². The quantitative estimate of drug-likeness (QED) is 0.816. The molecule has 0 aliphatic heterocycles. The van der Waals surface area contributed by atoms with Gasteiger partial charge in [-0.05, 0) is 24.3 Å². The van der Waals surface area contributed by atoms with Crippen LogP contribution in [-0.4, -0.2) is 0 Å². The van der Waals surface area contributed by atoms with Crippen LogP contribution in [0.15, 0.2) is 36.4 Å². The lowest BCUT2D eigenvalue weighted by atomic mass is 10.3. The Morgan fingerprint density at radius 3 is 2.41 bits per heavy atom. The lowest BCUT2D eigenvalue weighted by molar-refractivity contribution is 0.442. The van der Waals surface area contributed by atoms with Crippen LogP contribution in [0, 0.1) is 5.82 Å². The van der Waals surface area contributed by atoms with Gasteiger partial charge in [-0.25, -0.2) is 4.39 Å². The number of hydrogen-bond donors (Lipinski definition) is 1. The first kappa shape index (κ1) is 12.0. The highest BCUT2D eigenvalue weighted by molar-refractivity contribution is 6.42. The third-order valence-electron chi connectivity index (χ3n) is 2.07. The van der Waals surface area contributed by atoms with E-state index >= 15 is 0 Å². The van der Waals surface area contributed by atoms with Gasteiger partial charge in [0.25, 0.3) is 0 Å². The van der Waals surface area contributed by atoms with Gasteiger partial charge in [0.2, 0.25) is 0 Å². The van der Waals surface area contributed by atoms with E-state index in [0.717, 1.165) is 0 Å². The summed E-state index contributed by atoms with van der Waals surface area (Å²) in [7, 11) is 0. The van der Waals surface area contributed by atoms with Crippen LogP contribution in [-0.2, 0) is 0 Å². The van der Waals surface area contributed by atoms with E-state index in [4.69, 9.17) is 33.7 Å². The molecule has 0 aliphatic rings. The summed E-state index contributed by atoms with van der Waals surface area (Å²) in [6.45, 7) is 0. The molecule has 2 aromatic rings. The highest BCUT2D eigenvalue weighted by Crippen LogP contribution is 2.30. The molecule has 0 spiro atoms. The van der Waals surface area contributed by atoms with Crippen LogP contribution in [0.4, 0.5) is 10.1 Å². The summed E-state index contributed by atoms with van der Waals surface area (Å²) in [5.41, 5.74) is 5.77. The SMILES string of the molecule is Nc1ccc(Oc2ccc(Cl)c(Cl)c2)c(F)c1. The van der Waals surface area contributed by atoms with Gasteiger partial charge in [-0.1, -0.05) is 23.2 Å². The van der Waals surface area contributed by atoms with Crippen molar-refractivity contribution in [2.45, 2.75) is 0 Å². The maximum Gasteiger partial charge on any atom is 0.167 e. The molecule has 0 aromatic heterocycles. The van der Waals surface area contributed by atoms with Crippen LogP contribution in [0.3, 0.4) is 0 Å². The monoisotopic (exact) mass is 271 g/mol. The van der Waals surface area contributed by atoms with Crippen molar-refractivity contribution in [2.75, 3.05) is 5.73 Å². The van der Waals surface area contributed by atoms with Crippen LogP contribution in [0.1, 0.15) is 0 Å². The molecule has 0 amide bonds. The first-order valence-corrected chi connectivity index (χ1v) is 5.50. The van der Waals surface area contributed by atoms with E-state index in [9.17, 15) is 4.39 Å². The van der Waals surface area contributed by atoms with E-state index in [2.05, 4.69) is 0 Å². The van der Waals surface area contributed by atoms with Crippen LogP contribution < -0.4 is 10.5 Å². The molecule has 5 heteroatoms. The summed E-state index contributed by atoms with van der Waals surface area (Å²) in [6.07, 6.45) is 0. The number of anilines is 1. The number of halogens is 3. The van der Waals surface area contributed by atoms with Crippen LogP contribution in [0.25, 0.3) is 0 Å². The summed E-state index contributed by atoms with van der Waals surface area (Å²) in [4.78, 5) is 0. The molecule has 2 aromatic carbocycles. The van der Waals surface area contributed by atoms with E-state index in [-0.39, 0.29) is 5.75 Å². The molecule has 2 N–H and O–H groups in total. The van der Waals surface area contributed by atoms with Crippen molar-refractivity contribution in [1.29, 1.82) is 0 Å². The summed E-state index contributed by atoms with van der Waals surface area (Å²) in [5.74, 6) is -0.0447. The average molecular weight is 272 g/mol. The fourth-order valence-corrected chi connectivity index (χ4v) is 1.56. The standard InChI is InChI=1S/C12H8Cl2FNO/c13-9-3-2-8(6-10(9)14)17-12-4-1-7(16)5-11(12)15/h1-6H,16H2. The Bertz CT molecular complexity index is 560. The lowest BCUT2D eigenvalue weighted by Crippen LogP contribution is -1.91. The first-order chi connectivity index (χ1) is 8.06. The van der Waals surface area contributed by atoms with Crippen molar-refractivity contribution in [2.24, 2.45) is 0 Å². The lowest BCUT2D eigenvalue weighted by Gasteiger charge is -2.08. The molecule has 0 heterocycles.